The molecule has 1 heterocycles. The molecule has 0 radical (unpaired) electrons. The van der Waals surface area contributed by atoms with Gasteiger partial charge in [0, 0.05) is 16.8 Å². The fraction of sp³-hybridized carbons (Fsp3) is 0.111. The SMILES string of the molecule is Cc1ccc(Nc2nc(C(=O)Nc3ccc(F)c(Cl)c3)cs2)c(C)c1. The Morgan fingerprint density at radius 3 is 2.72 bits per heavy atom. The first kappa shape index (κ1) is 17.4. The molecule has 3 rings (SSSR count). The molecule has 0 bridgehead atoms. The van der Waals surface area contributed by atoms with Gasteiger partial charge in [0.15, 0.2) is 5.13 Å². The van der Waals surface area contributed by atoms with Crippen LogP contribution in [0.5, 0.6) is 0 Å². The zero-order chi connectivity index (χ0) is 18.0. The van der Waals surface area contributed by atoms with Gasteiger partial charge in [0.05, 0.1) is 5.02 Å². The first-order chi connectivity index (χ1) is 11.9. The van der Waals surface area contributed by atoms with Crippen molar-refractivity contribution < 1.29 is 9.18 Å². The second-order valence-electron chi connectivity index (χ2n) is 5.56. The molecule has 128 valence electrons. The predicted molar refractivity (Wildman–Crippen MR) is 101 cm³/mol. The first-order valence-electron chi connectivity index (χ1n) is 7.48. The van der Waals surface area contributed by atoms with Crippen LogP contribution in [0, 0.1) is 19.7 Å². The Morgan fingerprint density at radius 1 is 1.20 bits per heavy atom. The largest absolute Gasteiger partial charge is 0.331 e. The van der Waals surface area contributed by atoms with Crippen molar-refractivity contribution in [3.8, 4) is 0 Å². The number of hydrogen-bond acceptors (Lipinski definition) is 4. The fourth-order valence-electron chi connectivity index (χ4n) is 2.27. The molecule has 4 nitrogen and oxygen atoms in total. The number of nitrogens with zero attached hydrogens (tertiary/aromatic N) is 1. The Hall–Kier alpha value is -2.44. The van der Waals surface area contributed by atoms with Gasteiger partial charge in [-0.15, -0.1) is 11.3 Å². The number of benzene rings is 2. The van der Waals surface area contributed by atoms with Crippen LogP contribution in [0.25, 0.3) is 0 Å². The molecule has 2 N–H and O–H groups in total. The molecule has 0 aliphatic rings. The molecule has 0 aliphatic heterocycles. The van der Waals surface area contributed by atoms with Gasteiger partial charge in [-0.1, -0.05) is 29.3 Å². The zero-order valence-corrected chi connectivity index (χ0v) is 15.1. The van der Waals surface area contributed by atoms with Gasteiger partial charge in [0.1, 0.15) is 11.5 Å². The van der Waals surface area contributed by atoms with E-state index in [2.05, 4.69) is 21.7 Å². The summed E-state index contributed by atoms with van der Waals surface area (Å²) in [6.07, 6.45) is 0. The summed E-state index contributed by atoms with van der Waals surface area (Å²) >= 11 is 7.05. The van der Waals surface area contributed by atoms with Gasteiger partial charge in [0.25, 0.3) is 5.91 Å². The Morgan fingerprint density at radius 2 is 2.00 bits per heavy atom. The number of carbonyl (C=O) groups excluding carboxylic acids is 1. The van der Waals surface area contributed by atoms with Crippen molar-refractivity contribution in [3.63, 3.8) is 0 Å². The van der Waals surface area contributed by atoms with E-state index < -0.39 is 5.82 Å². The molecule has 0 atom stereocenters. The van der Waals surface area contributed by atoms with E-state index in [0.717, 1.165) is 11.3 Å². The summed E-state index contributed by atoms with van der Waals surface area (Å²) in [5, 5.41) is 8.09. The van der Waals surface area contributed by atoms with E-state index in [1.807, 2.05) is 26.0 Å². The maximum absolute atomic E-state index is 13.2. The molecule has 0 aliphatic carbocycles. The minimum Gasteiger partial charge on any atom is -0.331 e. The molecule has 3 aromatic rings. The average Bonchev–Trinajstić information content (AvgIpc) is 3.02. The number of hydrogen-bond donors (Lipinski definition) is 2. The minimum absolute atomic E-state index is 0.0479. The Kier molecular flexibility index (Phi) is 5.01. The number of anilines is 3. The van der Waals surface area contributed by atoms with E-state index in [4.69, 9.17) is 11.6 Å². The minimum atomic E-state index is -0.534. The Balaban J connectivity index is 1.71. The van der Waals surface area contributed by atoms with Gasteiger partial charge in [-0.3, -0.25) is 4.79 Å². The summed E-state index contributed by atoms with van der Waals surface area (Å²) in [4.78, 5) is 16.5. The Labute approximate surface area is 153 Å². The molecule has 2 aromatic carbocycles. The highest BCUT2D eigenvalue weighted by molar-refractivity contribution is 7.14. The standard InChI is InChI=1S/C18H15ClFN3OS/c1-10-3-6-15(11(2)7-10)22-18-23-16(9-25-18)17(24)21-12-4-5-14(20)13(19)8-12/h3-9H,1-2H3,(H,21,24)(H,22,23). The molecule has 1 amide bonds. The van der Waals surface area contributed by atoms with E-state index in [1.165, 1.54) is 35.1 Å². The first-order valence-corrected chi connectivity index (χ1v) is 8.74. The lowest BCUT2D eigenvalue weighted by atomic mass is 10.1. The van der Waals surface area contributed by atoms with E-state index in [1.54, 1.807) is 5.38 Å². The summed E-state index contributed by atoms with van der Waals surface area (Å²) in [6, 6.07) is 10.1. The van der Waals surface area contributed by atoms with Crippen LogP contribution in [-0.2, 0) is 0 Å². The smallest absolute Gasteiger partial charge is 0.275 e. The zero-order valence-electron chi connectivity index (χ0n) is 13.6. The number of nitrogens with one attached hydrogen (secondary N) is 2. The van der Waals surface area contributed by atoms with Crippen LogP contribution in [-0.4, -0.2) is 10.9 Å². The second-order valence-corrected chi connectivity index (χ2v) is 6.83. The van der Waals surface area contributed by atoms with Crippen LogP contribution >= 0.6 is 22.9 Å². The van der Waals surface area contributed by atoms with Crippen LogP contribution < -0.4 is 10.6 Å². The topological polar surface area (TPSA) is 54.0 Å². The van der Waals surface area contributed by atoms with Gasteiger partial charge in [-0.05, 0) is 43.7 Å². The highest BCUT2D eigenvalue weighted by Gasteiger charge is 2.12. The molecule has 0 spiro atoms. The third-order valence-corrected chi connectivity index (χ3v) is 4.59. The van der Waals surface area contributed by atoms with Crippen LogP contribution in [0.1, 0.15) is 21.6 Å². The lowest BCUT2D eigenvalue weighted by molar-refractivity contribution is 0.102. The molecule has 0 saturated carbocycles. The van der Waals surface area contributed by atoms with Gasteiger partial charge in [0.2, 0.25) is 0 Å². The van der Waals surface area contributed by atoms with E-state index in [9.17, 15) is 9.18 Å². The van der Waals surface area contributed by atoms with Crippen molar-refractivity contribution >= 4 is 45.4 Å². The number of aromatic nitrogens is 1. The summed E-state index contributed by atoms with van der Waals surface area (Å²) in [5.74, 6) is -0.916. The van der Waals surface area contributed by atoms with Crippen molar-refractivity contribution in [2.24, 2.45) is 0 Å². The summed E-state index contributed by atoms with van der Waals surface area (Å²) < 4.78 is 13.2. The summed E-state index contributed by atoms with van der Waals surface area (Å²) in [7, 11) is 0. The third kappa shape index (κ3) is 4.15. The number of aryl methyl sites for hydroxylation is 2. The average molecular weight is 376 g/mol. The van der Waals surface area contributed by atoms with E-state index in [0.29, 0.717) is 10.8 Å². The second kappa shape index (κ2) is 7.21. The molecular formula is C18H15ClFN3OS. The highest BCUT2D eigenvalue weighted by atomic mass is 35.5. The van der Waals surface area contributed by atoms with Crippen molar-refractivity contribution in [1.82, 2.24) is 4.98 Å². The lowest BCUT2D eigenvalue weighted by Gasteiger charge is -2.07. The van der Waals surface area contributed by atoms with E-state index in [-0.39, 0.29) is 16.6 Å². The number of amides is 1. The number of halogens is 2. The third-order valence-electron chi connectivity index (χ3n) is 3.54. The van der Waals surface area contributed by atoms with E-state index >= 15 is 0 Å². The summed E-state index contributed by atoms with van der Waals surface area (Å²) in [5.41, 5.74) is 3.91. The molecular weight excluding hydrogens is 361 g/mol. The van der Waals surface area contributed by atoms with Crippen LogP contribution in [0.4, 0.5) is 20.9 Å². The van der Waals surface area contributed by atoms with Gasteiger partial charge in [-0.25, -0.2) is 9.37 Å². The van der Waals surface area contributed by atoms with Gasteiger partial charge < -0.3 is 10.6 Å². The number of thiazole rings is 1. The van der Waals surface area contributed by atoms with Crippen molar-refractivity contribution in [2.75, 3.05) is 10.6 Å². The molecule has 0 fully saturated rings. The monoisotopic (exact) mass is 375 g/mol. The quantitative estimate of drug-likeness (QED) is 0.628. The highest BCUT2D eigenvalue weighted by Crippen LogP contribution is 2.25. The van der Waals surface area contributed by atoms with Gasteiger partial charge >= 0.3 is 0 Å². The normalized spacial score (nSPS) is 10.6. The Bertz CT molecular complexity index is 942. The van der Waals surface area contributed by atoms with Crippen molar-refractivity contribution in [3.05, 3.63) is 69.4 Å². The van der Waals surface area contributed by atoms with Crippen LogP contribution in [0.3, 0.4) is 0 Å². The molecule has 25 heavy (non-hydrogen) atoms. The van der Waals surface area contributed by atoms with Crippen molar-refractivity contribution in [1.29, 1.82) is 0 Å². The molecule has 0 saturated heterocycles. The van der Waals surface area contributed by atoms with Crippen molar-refractivity contribution in [2.45, 2.75) is 13.8 Å². The molecule has 1 aromatic heterocycles. The fourth-order valence-corrected chi connectivity index (χ4v) is 3.16. The number of rotatable bonds is 4. The predicted octanol–water partition coefficient (Wildman–Crippen LogP) is 5.55. The van der Waals surface area contributed by atoms with Crippen LogP contribution in [0.15, 0.2) is 41.8 Å². The molecule has 0 unspecified atom stereocenters. The molecule has 7 heteroatoms. The maximum Gasteiger partial charge on any atom is 0.275 e. The van der Waals surface area contributed by atoms with Crippen LogP contribution in [0.2, 0.25) is 5.02 Å². The maximum atomic E-state index is 13.2. The van der Waals surface area contributed by atoms with Gasteiger partial charge in [-0.2, -0.15) is 0 Å². The number of carbonyl (C=O) groups is 1. The summed E-state index contributed by atoms with van der Waals surface area (Å²) in [6.45, 7) is 4.04. The lowest BCUT2D eigenvalue weighted by Crippen LogP contribution is -2.12.